The largest absolute Gasteiger partial charge is 0.418 e. The smallest absolute Gasteiger partial charge is 0.306 e. The van der Waals surface area contributed by atoms with Crippen LogP contribution in [0.2, 0.25) is 0 Å². The van der Waals surface area contributed by atoms with Gasteiger partial charge in [-0.15, -0.1) is 0 Å². The van der Waals surface area contributed by atoms with Gasteiger partial charge in [-0.1, -0.05) is 0 Å². The molecule has 0 N–H and O–H groups in total. The second kappa shape index (κ2) is 3.98. The molecule has 5 heteroatoms. The van der Waals surface area contributed by atoms with Crippen molar-refractivity contribution >= 4 is 17.7 Å². The van der Waals surface area contributed by atoms with Gasteiger partial charge in [-0.25, -0.2) is 0 Å². The highest BCUT2D eigenvalue weighted by Gasteiger charge is 2.54. The van der Waals surface area contributed by atoms with Crippen LogP contribution in [0.5, 0.6) is 0 Å². The molecule has 0 amide bonds. The van der Waals surface area contributed by atoms with Gasteiger partial charge in [0.1, 0.15) is 0 Å². The maximum Gasteiger partial charge on any atom is 0.306 e. The Hall–Kier alpha value is -1.65. The summed E-state index contributed by atoms with van der Waals surface area (Å²) < 4.78 is 10.2. The van der Waals surface area contributed by atoms with Crippen molar-refractivity contribution in [2.24, 2.45) is 0 Å². The van der Waals surface area contributed by atoms with Crippen molar-refractivity contribution in [3.05, 3.63) is 11.1 Å². The van der Waals surface area contributed by atoms with Gasteiger partial charge in [0.2, 0.25) is 0 Å². The maximum atomic E-state index is 11.6. The summed E-state index contributed by atoms with van der Waals surface area (Å²) in [5.41, 5.74) is 1.33. The van der Waals surface area contributed by atoms with Crippen LogP contribution in [0.4, 0.5) is 0 Å². The molecule has 2 rings (SSSR count). The quantitative estimate of drug-likeness (QED) is 0.535. The summed E-state index contributed by atoms with van der Waals surface area (Å²) in [5.74, 6) is -2.27. The SMILES string of the molecule is CC(=O)OC1(OC(C)=O)CC2=C1CCCC2=O. The molecule has 2 aliphatic carbocycles. The van der Waals surface area contributed by atoms with E-state index in [0.717, 1.165) is 0 Å². The van der Waals surface area contributed by atoms with Crippen LogP contribution in [-0.2, 0) is 23.9 Å². The highest BCUT2D eigenvalue weighted by Crippen LogP contribution is 2.48. The first-order valence-corrected chi connectivity index (χ1v) is 5.59. The Kier molecular flexibility index (Phi) is 2.77. The lowest BCUT2D eigenvalue weighted by Crippen LogP contribution is -2.50. The zero-order valence-electron chi connectivity index (χ0n) is 9.87. The molecule has 0 fully saturated rings. The van der Waals surface area contributed by atoms with Gasteiger partial charge in [0.25, 0.3) is 5.79 Å². The number of rotatable bonds is 2. The molecule has 0 spiro atoms. The summed E-state index contributed by atoms with van der Waals surface area (Å²) in [6, 6.07) is 0. The van der Waals surface area contributed by atoms with Gasteiger partial charge in [-0.05, 0) is 12.8 Å². The molecule has 0 saturated heterocycles. The number of Topliss-reactive ketones (excluding diaryl/α,β-unsaturated/α-hetero) is 1. The lowest BCUT2D eigenvalue weighted by molar-refractivity contribution is -0.221. The van der Waals surface area contributed by atoms with Crippen LogP contribution in [0.1, 0.15) is 39.5 Å². The summed E-state index contributed by atoms with van der Waals surface area (Å²) in [6.07, 6.45) is 2.07. The van der Waals surface area contributed by atoms with Gasteiger partial charge in [-0.3, -0.25) is 14.4 Å². The zero-order chi connectivity index (χ0) is 12.6. The van der Waals surface area contributed by atoms with E-state index in [-0.39, 0.29) is 12.2 Å². The van der Waals surface area contributed by atoms with E-state index in [0.29, 0.717) is 30.4 Å². The molecular formula is C12H14O5. The maximum absolute atomic E-state index is 11.6. The van der Waals surface area contributed by atoms with Gasteiger partial charge in [0, 0.05) is 31.4 Å². The normalized spacial score (nSPS) is 21.4. The third-order valence-electron chi connectivity index (χ3n) is 3.02. The molecule has 0 aromatic heterocycles. The molecule has 17 heavy (non-hydrogen) atoms. The Morgan fingerprint density at radius 1 is 1.12 bits per heavy atom. The van der Waals surface area contributed by atoms with Crippen molar-refractivity contribution in [3.8, 4) is 0 Å². The molecule has 0 aromatic carbocycles. The van der Waals surface area contributed by atoms with Crippen LogP contribution in [0.25, 0.3) is 0 Å². The van der Waals surface area contributed by atoms with E-state index in [1.807, 2.05) is 0 Å². The summed E-state index contributed by atoms with van der Waals surface area (Å²) in [4.78, 5) is 33.7. The van der Waals surface area contributed by atoms with Crippen LogP contribution < -0.4 is 0 Å². The molecule has 0 bridgehead atoms. The van der Waals surface area contributed by atoms with Crippen LogP contribution >= 0.6 is 0 Å². The average Bonchev–Trinajstić information content (AvgIpc) is 2.17. The van der Waals surface area contributed by atoms with Crippen molar-refractivity contribution in [1.82, 2.24) is 0 Å². The number of ketones is 1. The van der Waals surface area contributed by atoms with Crippen molar-refractivity contribution in [2.45, 2.75) is 45.3 Å². The van der Waals surface area contributed by atoms with Crippen LogP contribution in [-0.4, -0.2) is 23.5 Å². The van der Waals surface area contributed by atoms with E-state index in [1.54, 1.807) is 0 Å². The fourth-order valence-corrected chi connectivity index (χ4v) is 2.43. The summed E-state index contributed by atoms with van der Waals surface area (Å²) in [7, 11) is 0. The number of hydrogen-bond donors (Lipinski definition) is 0. The van der Waals surface area contributed by atoms with E-state index in [2.05, 4.69) is 0 Å². The Balaban J connectivity index is 2.29. The van der Waals surface area contributed by atoms with Crippen molar-refractivity contribution in [2.75, 3.05) is 0 Å². The second-order valence-electron chi connectivity index (χ2n) is 4.35. The molecular weight excluding hydrogens is 224 g/mol. The molecule has 0 unspecified atom stereocenters. The third-order valence-corrected chi connectivity index (χ3v) is 3.02. The highest BCUT2D eigenvalue weighted by atomic mass is 16.7. The minimum Gasteiger partial charge on any atom is -0.418 e. The number of carbonyl (C=O) groups is 3. The monoisotopic (exact) mass is 238 g/mol. The predicted octanol–water partition coefficient (Wildman–Crippen LogP) is 1.26. The molecule has 0 heterocycles. The van der Waals surface area contributed by atoms with Gasteiger partial charge in [0.05, 0.1) is 6.42 Å². The zero-order valence-corrected chi connectivity index (χ0v) is 9.87. The fourth-order valence-electron chi connectivity index (χ4n) is 2.43. The van der Waals surface area contributed by atoms with E-state index in [9.17, 15) is 14.4 Å². The Labute approximate surface area is 98.8 Å². The number of carbonyl (C=O) groups excluding carboxylic acids is 3. The van der Waals surface area contributed by atoms with Gasteiger partial charge in [0.15, 0.2) is 5.78 Å². The molecule has 0 radical (unpaired) electrons. The lowest BCUT2D eigenvalue weighted by Gasteiger charge is -2.44. The first kappa shape index (κ1) is 11.8. The van der Waals surface area contributed by atoms with Crippen LogP contribution in [0.3, 0.4) is 0 Å². The van der Waals surface area contributed by atoms with Crippen molar-refractivity contribution < 1.29 is 23.9 Å². The summed E-state index contributed by atoms with van der Waals surface area (Å²) >= 11 is 0. The number of ether oxygens (including phenoxy) is 2. The highest BCUT2D eigenvalue weighted by molar-refractivity contribution is 5.99. The Bertz CT molecular complexity index is 416. The summed E-state index contributed by atoms with van der Waals surface area (Å²) in [6.45, 7) is 2.52. The van der Waals surface area contributed by atoms with E-state index in [4.69, 9.17) is 9.47 Å². The molecule has 5 nitrogen and oxygen atoms in total. The third kappa shape index (κ3) is 1.97. The van der Waals surface area contributed by atoms with Gasteiger partial charge in [-0.2, -0.15) is 0 Å². The standard InChI is InChI=1S/C12H14O5/c1-7(13)16-12(17-8(2)14)6-9-10(12)4-3-5-11(9)15/h3-6H2,1-2H3. The average molecular weight is 238 g/mol. The predicted molar refractivity (Wildman–Crippen MR) is 56.8 cm³/mol. The summed E-state index contributed by atoms with van der Waals surface area (Å²) in [5, 5.41) is 0. The van der Waals surface area contributed by atoms with Crippen LogP contribution in [0.15, 0.2) is 11.1 Å². The molecule has 0 aromatic rings. The molecule has 92 valence electrons. The molecule has 0 atom stereocenters. The minimum atomic E-state index is -1.30. The fraction of sp³-hybridized carbons (Fsp3) is 0.583. The Morgan fingerprint density at radius 3 is 2.24 bits per heavy atom. The van der Waals surface area contributed by atoms with Crippen molar-refractivity contribution in [3.63, 3.8) is 0 Å². The number of esters is 2. The lowest BCUT2D eigenvalue weighted by atomic mass is 9.72. The molecule has 2 aliphatic rings. The van der Waals surface area contributed by atoms with E-state index in [1.165, 1.54) is 13.8 Å². The second-order valence-corrected chi connectivity index (χ2v) is 4.35. The van der Waals surface area contributed by atoms with E-state index >= 15 is 0 Å². The first-order chi connectivity index (χ1) is 7.94. The van der Waals surface area contributed by atoms with Crippen molar-refractivity contribution in [1.29, 1.82) is 0 Å². The topological polar surface area (TPSA) is 69.7 Å². The van der Waals surface area contributed by atoms with Crippen LogP contribution in [0, 0.1) is 0 Å². The van der Waals surface area contributed by atoms with Gasteiger partial charge < -0.3 is 9.47 Å². The molecule has 0 aliphatic heterocycles. The molecule has 0 saturated carbocycles. The minimum absolute atomic E-state index is 0.0705. The number of hydrogen-bond acceptors (Lipinski definition) is 5. The Morgan fingerprint density at radius 2 is 1.71 bits per heavy atom. The van der Waals surface area contributed by atoms with E-state index < -0.39 is 17.7 Å². The van der Waals surface area contributed by atoms with Gasteiger partial charge >= 0.3 is 11.9 Å². The first-order valence-electron chi connectivity index (χ1n) is 5.59.